The van der Waals surface area contributed by atoms with Crippen LogP contribution < -0.4 is 14.8 Å². The molecule has 7 heteroatoms. The van der Waals surface area contributed by atoms with Crippen LogP contribution >= 0.6 is 0 Å². The maximum absolute atomic E-state index is 12.5. The average Bonchev–Trinajstić information content (AvgIpc) is 3.30. The number of urea groups is 1. The summed E-state index contributed by atoms with van der Waals surface area (Å²) in [7, 11) is 3.30. The topological polar surface area (TPSA) is 68.6 Å². The molecule has 0 aliphatic carbocycles. The normalized spacial score (nSPS) is 16.3. The van der Waals surface area contributed by atoms with Crippen LogP contribution in [0.1, 0.15) is 35.7 Å². The monoisotopic (exact) mass is 386 g/mol. The minimum atomic E-state index is -0.00210. The first kappa shape index (κ1) is 20.0. The van der Waals surface area contributed by atoms with Crippen LogP contribution in [0.5, 0.6) is 11.5 Å². The predicted octanol–water partition coefficient (Wildman–Crippen LogP) is 3.11. The van der Waals surface area contributed by atoms with Gasteiger partial charge in [-0.3, -0.25) is 4.68 Å². The molecule has 1 saturated heterocycles. The molecule has 0 radical (unpaired) electrons. The summed E-state index contributed by atoms with van der Waals surface area (Å²) in [6.45, 7) is 6.92. The third kappa shape index (κ3) is 4.40. The van der Waals surface area contributed by atoms with Crippen LogP contribution in [0.2, 0.25) is 0 Å². The quantitative estimate of drug-likeness (QED) is 0.743. The van der Waals surface area contributed by atoms with Gasteiger partial charge in [-0.1, -0.05) is 12.1 Å². The van der Waals surface area contributed by atoms with Crippen molar-refractivity contribution in [3.63, 3.8) is 0 Å². The molecule has 3 rings (SSSR count). The van der Waals surface area contributed by atoms with E-state index >= 15 is 0 Å². The molecule has 7 nitrogen and oxygen atoms in total. The van der Waals surface area contributed by atoms with E-state index in [0.29, 0.717) is 13.1 Å². The van der Waals surface area contributed by atoms with E-state index < -0.39 is 0 Å². The van der Waals surface area contributed by atoms with Gasteiger partial charge in [0, 0.05) is 43.4 Å². The maximum atomic E-state index is 12.5. The number of nitrogens with zero attached hydrogens (tertiary/aromatic N) is 3. The number of hydrogen-bond donors (Lipinski definition) is 1. The second-order valence-corrected chi connectivity index (χ2v) is 7.25. The van der Waals surface area contributed by atoms with Gasteiger partial charge in [0.1, 0.15) is 0 Å². The maximum Gasteiger partial charge on any atom is 0.317 e. The molecule has 1 fully saturated rings. The highest BCUT2D eigenvalue weighted by molar-refractivity contribution is 5.74. The van der Waals surface area contributed by atoms with Gasteiger partial charge >= 0.3 is 6.03 Å². The fourth-order valence-electron chi connectivity index (χ4n) is 3.87. The van der Waals surface area contributed by atoms with E-state index in [2.05, 4.69) is 29.5 Å². The van der Waals surface area contributed by atoms with Gasteiger partial charge < -0.3 is 19.7 Å². The van der Waals surface area contributed by atoms with Gasteiger partial charge in [-0.15, -0.1) is 0 Å². The highest BCUT2D eigenvalue weighted by atomic mass is 16.5. The van der Waals surface area contributed by atoms with Gasteiger partial charge in [0.15, 0.2) is 11.5 Å². The zero-order valence-electron chi connectivity index (χ0n) is 17.2. The number of methoxy groups -OCH3 is 2. The van der Waals surface area contributed by atoms with E-state index in [9.17, 15) is 4.79 Å². The Labute approximate surface area is 166 Å². The molecule has 0 unspecified atom stereocenters. The minimum Gasteiger partial charge on any atom is -0.493 e. The number of benzene rings is 1. The molecule has 152 valence electrons. The summed E-state index contributed by atoms with van der Waals surface area (Å²) >= 11 is 0. The Hall–Kier alpha value is -2.70. The zero-order chi connectivity index (χ0) is 20.1. The van der Waals surface area contributed by atoms with Gasteiger partial charge in [-0.2, -0.15) is 5.10 Å². The van der Waals surface area contributed by atoms with Crippen LogP contribution in [0.4, 0.5) is 4.79 Å². The lowest BCUT2D eigenvalue weighted by molar-refractivity contribution is 0.208. The molecule has 2 heterocycles. The number of carbonyl (C=O) groups is 1. The lowest BCUT2D eigenvalue weighted by Gasteiger charge is -2.19. The Morgan fingerprint density at radius 2 is 2.11 bits per heavy atom. The fraction of sp³-hybridized carbons (Fsp3) is 0.524. The molecule has 1 aliphatic heterocycles. The number of likely N-dealkylation sites (tertiary alicyclic amines) is 1. The second kappa shape index (κ2) is 8.99. The lowest BCUT2D eigenvalue weighted by Crippen LogP contribution is -2.39. The third-order valence-corrected chi connectivity index (χ3v) is 5.27. The third-order valence-electron chi connectivity index (χ3n) is 5.27. The summed E-state index contributed by atoms with van der Waals surface area (Å²) in [6, 6.07) is 7.98. The summed E-state index contributed by atoms with van der Waals surface area (Å²) in [4.78, 5) is 14.4. The molecule has 0 spiro atoms. The van der Waals surface area contributed by atoms with Crippen molar-refractivity contribution >= 4 is 6.03 Å². The Kier molecular flexibility index (Phi) is 6.44. The second-order valence-electron chi connectivity index (χ2n) is 7.25. The van der Waals surface area contributed by atoms with Crippen LogP contribution in [-0.4, -0.2) is 54.6 Å². The molecule has 2 amide bonds. The van der Waals surface area contributed by atoms with Crippen molar-refractivity contribution in [2.75, 3.05) is 33.9 Å². The van der Waals surface area contributed by atoms with E-state index in [1.54, 1.807) is 14.2 Å². The van der Waals surface area contributed by atoms with E-state index in [-0.39, 0.29) is 11.9 Å². The van der Waals surface area contributed by atoms with Gasteiger partial charge in [0.2, 0.25) is 0 Å². The van der Waals surface area contributed by atoms with Crippen molar-refractivity contribution in [2.45, 2.75) is 39.2 Å². The summed E-state index contributed by atoms with van der Waals surface area (Å²) < 4.78 is 12.9. The van der Waals surface area contributed by atoms with Gasteiger partial charge in [-0.25, -0.2) is 4.79 Å². The summed E-state index contributed by atoms with van der Waals surface area (Å²) in [5, 5.41) is 7.48. The predicted molar refractivity (Wildman–Crippen MR) is 108 cm³/mol. The largest absolute Gasteiger partial charge is 0.493 e. The number of rotatable bonds is 7. The summed E-state index contributed by atoms with van der Waals surface area (Å²) in [6.07, 6.45) is 1.78. The standard InChI is InChI=1S/C21H30N4O3/c1-15-13-16(2)25(23-15)11-6-10-22-21(26)24-12-9-17(14-24)18-7-5-8-19(27-3)20(18)28-4/h5,7-8,13,17H,6,9-12,14H2,1-4H3,(H,22,26)/t17-/m1/s1. The summed E-state index contributed by atoms with van der Waals surface area (Å²) in [5.41, 5.74) is 3.28. The number of aromatic nitrogens is 2. The first-order valence-electron chi connectivity index (χ1n) is 9.78. The van der Waals surface area contributed by atoms with E-state index in [1.807, 2.05) is 28.6 Å². The van der Waals surface area contributed by atoms with Crippen LogP contribution in [0.25, 0.3) is 0 Å². The highest BCUT2D eigenvalue weighted by Crippen LogP contribution is 2.39. The molecular formula is C21H30N4O3. The van der Waals surface area contributed by atoms with E-state index in [0.717, 1.165) is 54.4 Å². The Balaban J connectivity index is 1.50. The van der Waals surface area contributed by atoms with Gasteiger partial charge in [0.05, 0.1) is 19.9 Å². The highest BCUT2D eigenvalue weighted by Gasteiger charge is 2.29. The first-order valence-corrected chi connectivity index (χ1v) is 9.78. The number of carbonyl (C=O) groups excluding carboxylic acids is 1. The molecular weight excluding hydrogens is 356 g/mol. The van der Waals surface area contributed by atoms with Crippen molar-refractivity contribution < 1.29 is 14.3 Å². The van der Waals surface area contributed by atoms with Gasteiger partial charge in [0.25, 0.3) is 0 Å². The van der Waals surface area contributed by atoms with Crippen molar-refractivity contribution in [1.29, 1.82) is 0 Å². The first-order chi connectivity index (χ1) is 13.5. The molecule has 1 aromatic carbocycles. The molecule has 28 heavy (non-hydrogen) atoms. The van der Waals surface area contributed by atoms with Crippen molar-refractivity contribution in [3.8, 4) is 11.5 Å². The fourth-order valence-corrected chi connectivity index (χ4v) is 3.87. The Morgan fingerprint density at radius 3 is 2.79 bits per heavy atom. The number of nitrogens with one attached hydrogen (secondary N) is 1. The van der Waals surface area contributed by atoms with Crippen LogP contribution in [-0.2, 0) is 6.54 Å². The minimum absolute atomic E-state index is 0.00210. The SMILES string of the molecule is COc1cccc([C@@H]2CCN(C(=O)NCCCn3nc(C)cc3C)C2)c1OC. The van der Waals surface area contributed by atoms with Crippen LogP contribution in [0.3, 0.4) is 0 Å². The number of amides is 2. The molecule has 1 N–H and O–H groups in total. The Bertz CT molecular complexity index is 818. The van der Waals surface area contributed by atoms with Crippen molar-refractivity contribution in [3.05, 3.63) is 41.2 Å². The van der Waals surface area contributed by atoms with Crippen molar-refractivity contribution in [2.24, 2.45) is 0 Å². The van der Waals surface area contributed by atoms with Crippen molar-refractivity contribution in [1.82, 2.24) is 20.0 Å². The summed E-state index contributed by atoms with van der Waals surface area (Å²) in [5.74, 6) is 1.75. The number of aryl methyl sites for hydroxylation is 3. The molecule has 1 atom stereocenters. The number of para-hydroxylation sites is 1. The Morgan fingerprint density at radius 1 is 1.29 bits per heavy atom. The number of ether oxygens (including phenoxy) is 2. The van der Waals surface area contributed by atoms with E-state index in [1.165, 1.54) is 0 Å². The smallest absolute Gasteiger partial charge is 0.317 e. The van der Waals surface area contributed by atoms with Crippen LogP contribution in [0, 0.1) is 13.8 Å². The molecule has 0 bridgehead atoms. The van der Waals surface area contributed by atoms with Crippen LogP contribution in [0.15, 0.2) is 24.3 Å². The zero-order valence-corrected chi connectivity index (χ0v) is 17.2. The molecule has 2 aromatic rings. The van der Waals surface area contributed by atoms with E-state index in [4.69, 9.17) is 9.47 Å². The molecule has 1 aliphatic rings. The van der Waals surface area contributed by atoms with Gasteiger partial charge in [-0.05, 0) is 38.8 Å². The molecule has 0 saturated carbocycles. The average molecular weight is 386 g/mol. The molecule has 1 aromatic heterocycles. The number of hydrogen-bond acceptors (Lipinski definition) is 4. The lowest BCUT2D eigenvalue weighted by atomic mass is 9.97.